The van der Waals surface area contributed by atoms with Gasteiger partial charge in [-0.15, -0.1) is 0 Å². The molecule has 1 aliphatic carbocycles. The van der Waals surface area contributed by atoms with Crippen LogP contribution in [0.4, 0.5) is 20.2 Å². The molecule has 1 aliphatic heterocycles. The van der Waals surface area contributed by atoms with Crippen LogP contribution >= 0.6 is 0 Å². The number of carbonyl (C=O) groups excluding carboxylic acids is 2. The normalized spacial score (nSPS) is 17.1. The molecule has 0 unspecified atom stereocenters. The van der Waals surface area contributed by atoms with Gasteiger partial charge in [0.15, 0.2) is 0 Å². The fraction of sp³-hybridized carbons (Fsp3) is 0.345. The minimum Gasteiger partial charge on any atom is -0.398 e. The van der Waals surface area contributed by atoms with Crippen LogP contribution in [0.15, 0.2) is 55.0 Å². The fourth-order valence-corrected chi connectivity index (χ4v) is 5.13. The number of hydrogen-bond donors (Lipinski definition) is 4. The third-order valence-electron chi connectivity index (χ3n) is 7.28. The molecule has 0 spiro atoms. The minimum absolute atomic E-state index is 0.151. The smallest absolute Gasteiger partial charge is 0.274 e. The average Bonchev–Trinajstić information content (AvgIpc) is 3.57. The number of halogens is 2. The van der Waals surface area contributed by atoms with E-state index in [4.69, 9.17) is 11.1 Å². The number of likely N-dealkylation sites (tertiary alicyclic amines) is 1. The van der Waals surface area contributed by atoms with Crippen LogP contribution in [0.5, 0.6) is 0 Å². The van der Waals surface area contributed by atoms with E-state index in [0.717, 1.165) is 31.2 Å². The Hall–Kier alpha value is -4.25. The summed E-state index contributed by atoms with van der Waals surface area (Å²) in [6, 6.07) is 10.1. The van der Waals surface area contributed by atoms with Crippen LogP contribution in [0.1, 0.15) is 53.7 Å². The predicted octanol–water partition coefficient (Wildman–Crippen LogP) is 4.25. The van der Waals surface area contributed by atoms with Crippen molar-refractivity contribution in [1.82, 2.24) is 20.2 Å². The molecule has 2 fully saturated rings. The lowest BCUT2D eigenvalue weighted by atomic mass is 9.99. The first kappa shape index (κ1) is 27.3. The average molecular weight is 548 g/mol. The van der Waals surface area contributed by atoms with Crippen LogP contribution < -0.4 is 16.4 Å². The molecule has 2 amide bonds. The van der Waals surface area contributed by atoms with Crippen LogP contribution in [0.25, 0.3) is 11.1 Å². The van der Waals surface area contributed by atoms with Gasteiger partial charge in [0.1, 0.15) is 11.4 Å². The maximum absolute atomic E-state index is 13.6. The molecule has 3 heterocycles. The second-order valence-electron chi connectivity index (χ2n) is 10.4. The number of alkyl halides is 2. The highest BCUT2D eigenvalue weighted by molar-refractivity contribution is 6.48. The lowest BCUT2D eigenvalue weighted by Gasteiger charge is -2.16. The number of nitrogens with zero attached hydrogens (tertiary/aromatic N) is 3. The number of nitrogen functional groups attached to an aromatic ring is 1. The molecule has 3 aromatic rings. The largest absolute Gasteiger partial charge is 0.398 e. The van der Waals surface area contributed by atoms with Gasteiger partial charge >= 0.3 is 0 Å². The van der Waals surface area contributed by atoms with Gasteiger partial charge in [-0.3, -0.25) is 24.9 Å². The van der Waals surface area contributed by atoms with Gasteiger partial charge in [-0.25, -0.2) is 13.8 Å². The van der Waals surface area contributed by atoms with Gasteiger partial charge in [0, 0.05) is 54.8 Å². The van der Waals surface area contributed by atoms with Gasteiger partial charge in [0.2, 0.25) is 0 Å². The van der Waals surface area contributed by atoms with Gasteiger partial charge in [0.05, 0.1) is 18.4 Å². The van der Waals surface area contributed by atoms with Crippen LogP contribution in [-0.2, 0) is 11.3 Å². The van der Waals surface area contributed by atoms with Crippen molar-refractivity contribution in [1.29, 1.82) is 5.41 Å². The van der Waals surface area contributed by atoms with Crippen LogP contribution in [0, 0.1) is 5.41 Å². The molecule has 0 atom stereocenters. The molecule has 5 N–H and O–H groups in total. The van der Waals surface area contributed by atoms with Crippen molar-refractivity contribution >= 4 is 28.9 Å². The van der Waals surface area contributed by atoms with E-state index in [-0.39, 0.29) is 47.6 Å². The Bertz CT molecular complexity index is 1420. The number of rotatable bonds is 8. The molecule has 5 rings (SSSR count). The Morgan fingerprint density at radius 3 is 2.58 bits per heavy atom. The second kappa shape index (κ2) is 11.5. The van der Waals surface area contributed by atoms with Gasteiger partial charge in [0.25, 0.3) is 17.7 Å². The van der Waals surface area contributed by atoms with E-state index in [1.54, 1.807) is 41.6 Å². The molecule has 2 aromatic heterocycles. The van der Waals surface area contributed by atoms with Crippen molar-refractivity contribution in [2.75, 3.05) is 24.1 Å². The monoisotopic (exact) mass is 547 g/mol. The van der Waals surface area contributed by atoms with Crippen LogP contribution in [0.2, 0.25) is 0 Å². The van der Waals surface area contributed by atoms with Gasteiger partial charge in [-0.2, -0.15) is 0 Å². The zero-order valence-corrected chi connectivity index (χ0v) is 21.9. The Morgan fingerprint density at radius 1 is 1.07 bits per heavy atom. The van der Waals surface area contributed by atoms with E-state index in [2.05, 4.69) is 20.6 Å². The number of anilines is 2. The van der Waals surface area contributed by atoms with E-state index in [0.29, 0.717) is 29.9 Å². The maximum Gasteiger partial charge on any atom is 0.274 e. The van der Waals surface area contributed by atoms with Crippen molar-refractivity contribution in [3.63, 3.8) is 0 Å². The van der Waals surface area contributed by atoms with Crippen molar-refractivity contribution in [3.05, 3.63) is 71.8 Å². The maximum atomic E-state index is 13.6. The molecule has 208 valence electrons. The summed E-state index contributed by atoms with van der Waals surface area (Å²) in [6.07, 6.45) is 8.65. The van der Waals surface area contributed by atoms with E-state index < -0.39 is 11.8 Å². The van der Waals surface area contributed by atoms with Crippen molar-refractivity contribution in [2.24, 2.45) is 0 Å². The number of amides is 2. The number of benzene rings is 1. The molecule has 0 bridgehead atoms. The number of nitrogens with one attached hydrogen (secondary N) is 3. The van der Waals surface area contributed by atoms with Gasteiger partial charge in [-0.1, -0.05) is 18.9 Å². The van der Waals surface area contributed by atoms with Crippen molar-refractivity contribution in [2.45, 2.75) is 50.6 Å². The molecule has 9 nitrogen and oxygen atoms in total. The number of carbonyl (C=O) groups is 2. The fourth-order valence-electron chi connectivity index (χ4n) is 5.13. The van der Waals surface area contributed by atoms with Crippen molar-refractivity contribution in [3.8, 4) is 11.1 Å². The zero-order chi connectivity index (χ0) is 28.3. The minimum atomic E-state index is -2.67. The second-order valence-corrected chi connectivity index (χ2v) is 10.4. The summed E-state index contributed by atoms with van der Waals surface area (Å²) in [5.74, 6) is -3.60. The standard InChI is InChI=1S/C29H31F2N7O2/c30-29(31)9-10-38(17-29)16-18-11-20(14-34-13-18)19-5-7-24(32)23(12-19)26(33)28(40)37-22-6-8-25(35-15-22)27(39)36-21-3-1-2-4-21/h5-8,11-15,21,33H,1-4,9-10,16-17,32H2,(H,36,39)(H,37,40). The molecule has 1 saturated heterocycles. The molecule has 1 saturated carbocycles. The number of pyridine rings is 2. The summed E-state index contributed by atoms with van der Waals surface area (Å²) in [5, 5.41) is 14.1. The van der Waals surface area contributed by atoms with Gasteiger partial charge in [-0.05, 0) is 54.3 Å². The molecule has 2 aliphatic rings. The SMILES string of the molecule is N=C(C(=O)Nc1ccc(C(=O)NC2CCCC2)nc1)c1cc(-c2cncc(CN3CCC(F)(F)C3)c2)ccc1N. The summed E-state index contributed by atoms with van der Waals surface area (Å²) in [6.45, 7) is 0.397. The number of aromatic nitrogens is 2. The summed E-state index contributed by atoms with van der Waals surface area (Å²) in [4.78, 5) is 35.4. The third kappa shape index (κ3) is 6.48. The lowest BCUT2D eigenvalue weighted by molar-refractivity contribution is -0.110. The van der Waals surface area contributed by atoms with Crippen LogP contribution in [0.3, 0.4) is 0 Å². The van der Waals surface area contributed by atoms with E-state index in [1.807, 2.05) is 6.07 Å². The first-order valence-electron chi connectivity index (χ1n) is 13.3. The highest BCUT2D eigenvalue weighted by atomic mass is 19.3. The molecule has 1 aromatic carbocycles. The van der Waals surface area contributed by atoms with E-state index in [9.17, 15) is 18.4 Å². The Kier molecular flexibility index (Phi) is 7.83. The first-order valence-corrected chi connectivity index (χ1v) is 13.3. The van der Waals surface area contributed by atoms with E-state index in [1.165, 1.54) is 12.3 Å². The number of nitrogens with two attached hydrogens (primary N) is 1. The zero-order valence-electron chi connectivity index (χ0n) is 21.9. The Morgan fingerprint density at radius 2 is 1.88 bits per heavy atom. The topological polar surface area (TPSA) is 137 Å². The van der Waals surface area contributed by atoms with Crippen LogP contribution in [-0.4, -0.2) is 57.4 Å². The summed E-state index contributed by atoms with van der Waals surface area (Å²) < 4.78 is 27.2. The van der Waals surface area contributed by atoms with Crippen molar-refractivity contribution < 1.29 is 18.4 Å². The Labute approximate surface area is 230 Å². The third-order valence-corrected chi connectivity index (χ3v) is 7.28. The lowest BCUT2D eigenvalue weighted by Crippen LogP contribution is -2.33. The quantitative estimate of drug-likeness (QED) is 0.246. The summed E-state index contributed by atoms with van der Waals surface area (Å²) >= 11 is 0. The highest BCUT2D eigenvalue weighted by Gasteiger charge is 2.37. The highest BCUT2D eigenvalue weighted by Crippen LogP contribution is 2.29. The van der Waals surface area contributed by atoms with Gasteiger partial charge < -0.3 is 16.4 Å². The molecule has 0 radical (unpaired) electrons. The first-order chi connectivity index (χ1) is 19.2. The summed E-state index contributed by atoms with van der Waals surface area (Å²) in [7, 11) is 0. The predicted molar refractivity (Wildman–Crippen MR) is 148 cm³/mol. The number of hydrogen-bond acceptors (Lipinski definition) is 7. The molecule has 11 heteroatoms. The summed E-state index contributed by atoms with van der Waals surface area (Å²) in [5.41, 5.74) is 9.04. The Balaban J connectivity index is 1.25. The molecule has 40 heavy (non-hydrogen) atoms. The molecular weight excluding hydrogens is 516 g/mol. The van der Waals surface area contributed by atoms with E-state index >= 15 is 0 Å². The molecular formula is C29H31F2N7O2.